The van der Waals surface area contributed by atoms with Crippen LogP contribution in [0.15, 0.2) is 52.0 Å². The average molecular weight is 466 g/mol. The molecule has 0 saturated heterocycles. The second-order valence-corrected chi connectivity index (χ2v) is 8.25. The average Bonchev–Trinajstić information content (AvgIpc) is 3.15. The number of carbonyl (C=O) groups excluding carboxylic acids is 2. The van der Waals surface area contributed by atoms with Crippen LogP contribution in [0.2, 0.25) is 5.02 Å². The summed E-state index contributed by atoms with van der Waals surface area (Å²) in [7, 11) is 1.55. The number of fused-ring (bicyclic) bond motifs is 1. The number of aryl methyl sites for hydroxylation is 2. The Balaban J connectivity index is 1.59. The third-order valence-corrected chi connectivity index (χ3v) is 5.88. The highest BCUT2D eigenvalue weighted by Crippen LogP contribution is 2.32. The number of hydrogen-bond donors (Lipinski definition) is 2. The smallest absolute Gasteiger partial charge is 0.291 e. The number of halogens is 1. The van der Waals surface area contributed by atoms with Gasteiger partial charge in [0.15, 0.2) is 5.76 Å². The van der Waals surface area contributed by atoms with Crippen LogP contribution >= 0.6 is 11.6 Å². The summed E-state index contributed by atoms with van der Waals surface area (Å²) in [6.07, 6.45) is 2.14. The number of furan rings is 1. The van der Waals surface area contributed by atoms with Crippen LogP contribution in [0, 0.1) is 13.8 Å². The molecule has 170 valence electrons. The summed E-state index contributed by atoms with van der Waals surface area (Å²) in [6, 6.07) is 12.3. The van der Waals surface area contributed by atoms with E-state index in [1.165, 1.54) is 0 Å². The Hall–Kier alpha value is -3.58. The predicted octanol–water partition coefficient (Wildman–Crippen LogP) is 5.28. The molecule has 2 N–H and O–H groups in total. The number of ether oxygens (including phenoxy) is 1. The molecular formula is C25H24ClN3O4. The van der Waals surface area contributed by atoms with E-state index in [1.807, 2.05) is 26.0 Å². The molecule has 1 aromatic heterocycles. The van der Waals surface area contributed by atoms with E-state index in [2.05, 4.69) is 15.8 Å². The summed E-state index contributed by atoms with van der Waals surface area (Å²) in [5.74, 6) is 0.699. The van der Waals surface area contributed by atoms with Gasteiger partial charge in [-0.3, -0.25) is 9.59 Å². The van der Waals surface area contributed by atoms with Crippen molar-refractivity contribution < 1.29 is 18.7 Å². The molecule has 3 aromatic rings. The number of benzene rings is 2. The zero-order chi connectivity index (χ0) is 23.5. The number of nitrogens with one attached hydrogen (secondary N) is 2. The number of hydrazone groups is 1. The van der Waals surface area contributed by atoms with Crippen LogP contribution in [-0.4, -0.2) is 24.6 Å². The quantitative estimate of drug-likeness (QED) is 0.501. The Bertz CT molecular complexity index is 1260. The second kappa shape index (κ2) is 9.50. The van der Waals surface area contributed by atoms with Crippen molar-refractivity contribution >= 4 is 34.8 Å². The lowest BCUT2D eigenvalue weighted by Gasteiger charge is -2.13. The largest absolute Gasteiger partial charge is 0.495 e. The highest BCUT2D eigenvalue weighted by Gasteiger charge is 2.28. The fraction of sp³-hybridized carbons (Fsp3) is 0.240. The van der Waals surface area contributed by atoms with Crippen molar-refractivity contribution in [3.05, 3.63) is 81.3 Å². The zero-order valence-electron chi connectivity index (χ0n) is 18.6. The van der Waals surface area contributed by atoms with E-state index in [0.29, 0.717) is 51.9 Å². The SMILES string of the molecule is COc1ccc(C)cc1NC(=O)c1oc2c(c1C)/C(=N/NC(=O)c1ccccc1Cl)CCC2. The van der Waals surface area contributed by atoms with Crippen LogP contribution < -0.4 is 15.5 Å². The normalized spacial score (nSPS) is 14.0. The molecular weight excluding hydrogens is 442 g/mol. The molecule has 0 saturated carbocycles. The molecule has 0 spiro atoms. The first-order chi connectivity index (χ1) is 15.9. The fourth-order valence-corrected chi connectivity index (χ4v) is 4.14. The lowest BCUT2D eigenvalue weighted by Crippen LogP contribution is -2.22. The number of rotatable bonds is 5. The highest BCUT2D eigenvalue weighted by atomic mass is 35.5. The summed E-state index contributed by atoms with van der Waals surface area (Å²) in [5, 5.41) is 7.58. The topological polar surface area (TPSA) is 92.9 Å². The number of hydrogen-bond acceptors (Lipinski definition) is 5. The Morgan fingerprint density at radius 1 is 1.09 bits per heavy atom. The van der Waals surface area contributed by atoms with Crippen LogP contribution in [0.3, 0.4) is 0 Å². The third-order valence-electron chi connectivity index (χ3n) is 5.55. The maximum atomic E-state index is 13.0. The molecule has 1 heterocycles. The number of carbonyl (C=O) groups is 2. The first kappa shape index (κ1) is 22.6. The van der Waals surface area contributed by atoms with E-state index < -0.39 is 5.91 Å². The van der Waals surface area contributed by atoms with Gasteiger partial charge >= 0.3 is 0 Å². The van der Waals surface area contributed by atoms with Gasteiger partial charge in [-0.15, -0.1) is 0 Å². The molecule has 8 heteroatoms. The highest BCUT2D eigenvalue weighted by molar-refractivity contribution is 6.33. The number of methoxy groups -OCH3 is 1. The Kier molecular flexibility index (Phi) is 6.51. The molecule has 1 aliphatic carbocycles. The van der Waals surface area contributed by atoms with E-state index in [1.54, 1.807) is 37.4 Å². The molecule has 2 amide bonds. The van der Waals surface area contributed by atoms with Crippen molar-refractivity contribution in [1.82, 2.24) is 5.43 Å². The van der Waals surface area contributed by atoms with Crippen molar-refractivity contribution in [1.29, 1.82) is 0 Å². The number of anilines is 1. The van der Waals surface area contributed by atoms with Crippen LogP contribution in [0.25, 0.3) is 0 Å². The van der Waals surface area contributed by atoms with E-state index >= 15 is 0 Å². The molecule has 0 radical (unpaired) electrons. The van der Waals surface area contributed by atoms with Gasteiger partial charge in [0, 0.05) is 17.5 Å². The molecule has 4 rings (SSSR count). The van der Waals surface area contributed by atoms with Gasteiger partial charge in [-0.2, -0.15) is 5.10 Å². The summed E-state index contributed by atoms with van der Waals surface area (Å²) in [6.45, 7) is 3.76. The van der Waals surface area contributed by atoms with Crippen molar-refractivity contribution in [2.75, 3.05) is 12.4 Å². The number of amides is 2. The molecule has 0 aliphatic heterocycles. The summed E-state index contributed by atoms with van der Waals surface area (Å²) in [4.78, 5) is 25.6. The standard InChI is InChI=1S/C25H24ClN3O4/c1-14-11-12-20(32-3)19(13-14)27-25(31)23-15(2)22-18(9-6-10-21(22)33-23)28-29-24(30)16-7-4-5-8-17(16)26/h4-5,7-8,11-13H,6,9-10H2,1-3H3,(H,27,31)(H,29,30)/b28-18+. The van der Waals surface area contributed by atoms with Crippen molar-refractivity contribution in [2.45, 2.75) is 33.1 Å². The Morgan fingerprint density at radius 2 is 1.88 bits per heavy atom. The van der Waals surface area contributed by atoms with Gasteiger partial charge in [0.05, 0.1) is 29.1 Å². The van der Waals surface area contributed by atoms with E-state index in [-0.39, 0.29) is 11.7 Å². The minimum absolute atomic E-state index is 0.218. The van der Waals surface area contributed by atoms with Gasteiger partial charge in [-0.1, -0.05) is 29.8 Å². The molecule has 0 bridgehead atoms. The van der Waals surface area contributed by atoms with Gasteiger partial charge in [0.25, 0.3) is 11.8 Å². The van der Waals surface area contributed by atoms with Crippen molar-refractivity contribution in [3.8, 4) is 5.75 Å². The molecule has 2 aromatic carbocycles. The molecule has 0 atom stereocenters. The van der Waals surface area contributed by atoms with Gasteiger partial charge in [-0.05, 0) is 56.5 Å². The van der Waals surface area contributed by atoms with Crippen molar-refractivity contribution in [2.24, 2.45) is 5.10 Å². The second-order valence-electron chi connectivity index (χ2n) is 7.85. The maximum Gasteiger partial charge on any atom is 0.291 e. The van der Waals surface area contributed by atoms with Crippen LogP contribution in [0.5, 0.6) is 5.75 Å². The Labute approximate surface area is 196 Å². The first-order valence-corrected chi connectivity index (χ1v) is 11.0. The van der Waals surface area contributed by atoms with Crippen LogP contribution in [0.1, 0.15) is 56.2 Å². The zero-order valence-corrected chi connectivity index (χ0v) is 19.4. The van der Waals surface area contributed by atoms with E-state index in [0.717, 1.165) is 17.5 Å². The molecule has 33 heavy (non-hydrogen) atoms. The molecule has 7 nitrogen and oxygen atoms in total. The molecule has 0 fully saturated rings. The lowest BCUT2D eigenvalue weighted by atomic mass is 9.93. The van der Waals surface area contributed by atoms with Gasteiger partial charge in [0.1, 0.15) is 11.5 Å². The summed E-state index contributed by atoms with van der Waals surface area (Å²) >= 11 is 6.11. The minimum atomic E-state index is -0.397. The molecule has 1 aliphatic rings. The predicted molar refractivity (Wildman–Crippen MR) is 128 cm³/mol. The monoisotopic (exact) mass is 465 g/mol. The minimum Gasteiger partial charge on any atom is -0.495 e. The van der Waals surface area contributed by atoms with Gasteiger partial charge in [-0.25, -0.2) is 5.43 Å². The van der Waals surface area contributed by atoms with E-state index in [4.69, 9.17) is 20.8 Å². The van der Waals surface area contributed by atoms with Gasteiger partial charge < -0.3 is 14.5 Å². The summed E-state index contributed by atoms with van der Waals surface area (Å²) in [5.41, 5.74) is 6.60. The van der Waals surface area contributed by atoms with Crippen molar-refractivity contribution in [3.63, 3.8) is 0 Å². The van der Waals surface area contributed by atoms with Crippen LogP contribution in [-0.2, 0) is 6.42 Å². The number of nitrogens with zero attached hydrogens (tertiary/aromatic N) is 1. The molecule has 0 unspecified atom stereocenters. The van der Waals surface area contributed by atoms with E-state index in [9.17, 15) is 9.59 Å². The first-order valence-electron chi connectivity index (χ1n) is 10.6. The fourth-order valence-electron chi connectivity index (χ4n) is 3.92. The third kappa shape index (κ3) is 4.64. The van der Waals surface area contributed by atoms with Crippen LogP contribution in [0.4, 0.5) is 5.69 Å². The Morgan fingerprint density at radius 3 is 2.64 bits per heavy atom. The summed E-state index contributed by atoms with van der Waals surface area (Å²) < 4.78 is 11.3. The maximum absolute atomic E-state index is 13.0. The lowest BCUT2D eigenvalue weighted by molar-refractivity contribution is 0.0953. The van der Waals surface area contributed by atoms with Gasteiger partial charge in [0.2, 0.25) is 0 Å².